The van der Waals surface area contributed by atoms with Crippen LogP contribution in [0.3, 0.4) is 0 Å². The summed E-state index contributed by atoms with van der Waals surface area (Å²) in [5.74, 6) is -0.0664. The van der Waals surface area contributed by atoms with Crippen LogP contribution in [0.5, 0.6) is 6.01 Å². The number of nitrogens with zero attached hydrogens (tertiary/aromatic N) is 2. The zero-order chi connectivity index (χ0) is 10.8. The van der Waals surface area contributed by atoms with E-state index in [0.29, 0.717) is 5.69 Å². The number of benzene rings is 1. The van der Waals surface area contributed by atoms with Crippen LogP contribution in [-0.4, -0.2) is 16.7 Å². The molecule has 0 spiro atoms. The number of para-hydroxylation sites is 1. The van der Waals surface area contributed by atoms with E-state index in [9.17, 15) is 4.39 Å². The number of methoxy groups -OCH3 is 1. The van der Waals surface area contributed by atoms with E-state index in [4.69, 9.17) is 10.5 Å². The molecule has 0 saturated carbocycles. The average Bonchev–Trinajstić information content (AvgIpc) is 2.60. The molecular formula is C10H10FN3O. The van der Waals surface area contributed by atoms with E-state index in [0.717, 1.165) is 0 Å². The Kier molecular flexibility index (Phi) is 2.29. The van der Waals surface area contributed by atoms with Crippen molar-refractivity contribution in [2.75, 3.05) is 12.8 Å². The molecule has 1 aromatic carbocycles. The first-order chi connectivity index (χ1) is 7.22. The van der Waals surface area contributed by atoms with Crippen molar-refractivity contribution in [3.8, 4) is 11.7 Å². The Labute approximate surface area is 86.1 Å². The molecule has 0 unspecified atom stereocenters. The van der Waals surface area contributed by atoms with Gasteiger partial charge < -0.3 is 10.5 Å². The van der Waals surface area contributed by atoms with E-state index in [1.807, 2.05) is 0 Å². The SMILES string of the molecule is COc1nc(N)cn1-c1ccccc1F. The molecule has 0 aliphatic heterocycles. The van der Waals surface area contributed by atoms with Gasteiger partial charge >= 0.3 is 6.01 Å². The largest absolute Gasteiger partial charge is 0.468 e. The van der Waals surface area contributed by atoms with E-state index in [-0.39, 0.29) is 17.6 Å². The molecule has 0 radical (unpaired) electrons. The van der Waals surface area contributed by atoms with Gasteiger partial charge in [0.1, 0.15) is 11.6 Å². The van der Waals surface area contributed by atoms with Crippen molar-refractivity contribution in [3.63, 3.8) is 0 Å². The van der Waals surface area contributed by atoms with Gasteiger partial charge in [-0.25, -0.2) is 4.39 Å². The maximum absolute atomic E-state index is 13.5. The highest BCUT2D eigenvalue weighted by Crippen LogP contribution is 2.21. The van der Waals surface area contributed by atoms with Gasteiger partial charge in [-0.3, -0.25) is 4.57 Å². The molecule has 1 aromatic heterocycles. The monoisotopic (exact) mass is 207 g/mol. The summed E-state index contributed by atoms with van der Waals surface area (Å²) in [5, 5.41) is 0. The number of rotatable bonds is 2. The average molecular weight is 207 g/mol. The maximum Gasteiger partial charge on any atom is 0.302 e. The first-order valence-electron chi connectivity index (χ1n) is 4.36. The zero-order valence-corrected chi connectivity index (χ0v) is 8.14. The lowest BCUT2D eigenvalue weighted by Crippen LogP contribution is -1.99. The topological polar surface area (TPSA) is 53.1 Å². The number of hydrogen-bond acceptors (Lipinski definition) is 3. The second kappa shape index (κ2) is 3.61. The van der Waals surface area contributed by atoms with Gasteiger partial charge in [0.15, 0.2) is 0 Å². The van der Waals surface area contributed by atoms with Crippen LogP contribution in [0.1, 0.15) is 0 Å². The number of nitrogen functional groups attached to an aromatic ring is 1. The number of halogens is 1. The minimum atomic E-state index is -0.354. The Hall–Kier alpha value is -2.04. The number of imidazole rings is 1. The third-order valence-corrected chi connectivity index (χ3v) is 1.99. The number of ether oxygens (including phenoxy) is 1. The summed E-state index contributed by atoms with van der Waals surface area (Å²) in [6, 6.07) is 6.60. The Bertz CT molecular complexity index is 481. The van der Waals surface area contributed by atoms with Crippen LogP contribution in [0.25, 0.3) is 5.69 Å². The highest BCUT2D eigenvalue weighted by atomic mass is 19.1. The molecule has 0 amide bonds. The van der Waals surface area contributed by atoms with Crippen LogP contribution >= 0.6 is 0 Å². The standard InChI is InChI=1S/C10H10FN3O/c1-15-10-13-9(12)6-14(10)8-5-3-2-4-7(8)11/h2-6H,12H2,1H3. The highest BCUT2D eigenvalue weighted by Gasteiger charge is 2.10. The van der Waals surface area contributed by atoms with Crippen molar-refractivity contribution >= 4 is 5.82 Å². The lowest BCUT2D eigenvalue weighted by molar-refractivity contribution is 0.372. The maximum atomic E-state index is 13.5. The minimum absolute atomic E-state index is 0.262. The Balaban J connectivity index is 2.58. The second-order valence-electron chi connectivity index (χ2n) is 2.97. The van der Waals surface area contributed by atoms with Gasteiger partial charge in [-0.2, -0.15) is 4.98 Å². The lowest BCUT2D eigenvalue weighted by atomic mass is 10.3. The van der Waals surface area contributed by atoms with E-state index in [1.54, 1.807) is 18.2 Å². The third kappa shape index (κ3) is 1.63. The summed E-state index contributed by atoms with van der Waals surface area (Å²) in [4.78, 5) is 3.90. The molecule has 1 heterocycles. The number of anilines is 1. The van der Waals surface area contributed by atoms with Crippen molar-refractivity contribution in [2.45, 2.75) is 0 Å². The van der Waals surface area contributed by atoms with Crippen LogP contribution in [0.4, 0.5) is 10.2 Å². The predicted octanol–water partition coefficient (Wildman–Crippen LogP) is 1.60. The van der Waals surface area contributed by atoms with Gasteiger partial charge in [0.05, 0.1) is 19.0 Å². The zero-order valence-electron chi connectivity index (χ0n) is 8.14. The summed E-state index contributed by atoms with van der Waals surface area (Å²) in [7, 11) is 1.46. The van der Waals surface area contributed by atoms with Crippen LogP contribution in [0.2, 0.25) is 0 Å². The van der Waals surface area contributed by atoms with Gasteiger partial charge in [-0.15, -0.1) is 0 Å². The highest BCUT2D eigenvalue weighted by molar-refractivity contribution is 5.41. The van der Waals surface area contributed by atoms with Gasteiger partial charge in [0, 0.05) is 0 Å². The third-order valence-electron chi connectivity index (χ3n) is 1.99. The molecule has 0 saturated heterocycles. The fourth-order valence-electron chi connectivity index (χ4n) is 1.34. The second-order valence-corrected chi connectivity index (χ2v) is 2.97. The van der Waals surface area contributed by atoms with Gasteiger partial charge in [0.2, 0.25) is 0 Å². The number of nitrogens with two attached hydrogens (primary N) is 1. The summed E-state index contributed by atoms with van der Waals surface area (Å²) in [6.07, 6.45) is 1.51. The minimum Gasteiger partial charge on any atom is -0.468 e. The van der Waals surface area contributed by atoms with Crippen LogP contribution in [0.15, 0.2) is 30.5 Å². The molecule has 78 valence electrons. The van der Waals surface area contributed by atoms with Crippen molar-refractivity contribution in [3.05, 3.63) is 36.3 Å². The van der Waals surface area contributed by atoms with E-state index in [2.05, 4.69) is 4.98 Å². The van der Waals surface area contributed by atoms with Gasteiger partial charge in [-0.05, 0) is 12.1 Å². The van der Waals surface area contributed by atoms with E-state index < -0.39 is 0 Å². The first-order valence-corrected chi connectivity index (χ1v) is 4.36. The van der Waals surface area contributed by atoms with Gasteiger partial charge in [-0.1, -0.05) is 12.1 Å². The molecule has 5 heteroatoms. The van der Waals surface area contributed by atoms with E-state index >= 15 is 0 Å². The van der Waals surface area contributed by atoms with Crippen LogP contribution < -0.4 is 10.5 Å². The normalized spacial score (nSPS) is 10.3. The lowest BCUT2D eigenvalue weighted by Gasteiger charge is -2.06. The molecule has 2 rings (SSSR count). The molecular weight excluding hydrogens is 197 g/mol. The molecule has 0 bridgehead atoms. The quantitative estimate of drug-likeness (QED) is 0.813. The molecule has 0 atom stereocenters. The van der Waals surface area contributed by atoms with E-state index in [1.165, 1.54) is 23.9 Å². The van der Waals surface area contributed by atoms with Crippen molar-refractivity contribution in [1.82, 2.24) is 9.55 Å². The molecule has 0 fully saturated rings. The summed E-state index contributed by atoms with van der Waals surface area (Å²) in [6.45, 7) is 0. The first kappa shape index (κ1) is 9.51. The summed E-state index contributed by atoms with van der Waals surface area (Å²) in [5.41, 5.74) is 5.87. The number of hydrogen-bond donors (Lipinski definition) is 1. The van der Waals surface area contributed by atoms with Crippen molar-refractivity contribution in [1.29, 1.82) is 0 Å². The molecule has 2 N–H and O–H groups in total. The molecule has 4 nitrogen and oxygen atoms in total. The Morgan fingerprint density at radius 1 is 1.40 bits per heavy atom. The number of aromatic nitrogens is 2. The fourth-order valence-corrected chi connectivity index (χ4v) is 1.34. The molecule has 0 aliphatic carbocycles. The fraction of sp³-hybridized carbons (Fsp3) is 0.100. The van der Waals surface area contributed by atoms with Crippen molar-refractivity contribution in [2.24, 2.45) is 0 Å². The van der Waals surface area contributed by atoms with Crippen LogP contribution in [-0.2, 0) is 0 Å². The van der Waals surface area contributed by atoms with Gasteiger partial charge in [0.25, 0.3) is 0 Å². The molecule has 2 aromatic rings. The summed E-state index contributed by atoms with van der Waals surface area (Å²) >= 11 is 0. The summed E-state index contributed by atoms with van der Waals surface area (Å²) < 4.78 is 19.9. The van der Waals surface area contributed by atoms with Crippen molar-refractivity contribution < 1.29 is 9.13 Å². The Morgan fingerprint density at radius 3 is 2.80 bits per heavy atom. The Morgan fingerprint density at radius 2 is 2.13 bits per heavy atom. The molecule has 0 aliphatic rings. The smallest absolute Gasteiger partial charge is 0.302 e. The predicted molar refractivity (Wildman–Crippen MR) is 54.5 cm³/mol. The van der Waals surface area contributed by atoms with Crippen LogP contribution in [0, 0.1) is 5.82 Å². The molecule has 15 heavy (non-hydrogen) atoms.